The number of rotatable bonds is 3. The molecule has 6 heteroatoms. The highest BCUT2D eigenvalue weighted by molar-refractivity contribution is 5.64. The molecule has 0 aliphatic rings. The van der Waals surface area contributed by atoms with E-state index in [0.717, 1.165) is 12.1 Å². The van der Waals surface area contributed by atoms with Crippen molar-refractivity contribution in [1.82, 2.24) is 4.57 Å². The van der Waals surface area contributed by atoms with E-state index in [9.17, 15) is 23.1 Å². The third-order valence-electron chi connectivity index (χ3n) is 3.24. The molecule has 2 aromatic rings. The molecule has 1 heterocycles. The van der Waals surface area contributed by atoms with Crippen molar-refractivity contribution in [3.63, 3.8) is 0 Å². The summed E-state index contributed by atoms with van der Waals surface area (Å²) in [5.74, 6) is 0. The molecule has 0 bridgehead atoms. The molecule has 118 valence electrons. The van der Waals surface area contributed by atoms with E-state index in [2.05, 4.69) is 0 Å². The van der Waals surface area contributed by atoms with Crippen LogP contribution in [0.4, 0.5) is 13.2 Å². The molecule has 1 aromatic carbocycles. The number of nitrogens with zero attached hydrogens (tertiary/aromatic N) is 1. The Morgan fingerprint density at radius 3 is 2.55 bits per heavy atom. The number of alkyl halides is 3. The van der Waals surface area contributed by atoms with Gasteiger partial charge in [-0.1, -0.05) is 12.1 Å². The predicted molar refractivity (Wildman–Crippen MR) is 77.5 cm³/mol. The fourth-order valence-corrected chi connectivity index (χ4v) is 2.31. The summed E-state index contributed by atoms with van der Waals surface area (Å²) in [5.41, 5.74) is -0.395. The summed E-state index contributed by atoms with van der Waals surface area (Å²) in [7, 11) is 1.68. The average Bonchev–Trinajstić information content (AvgIpc) is 2.41. The summed E-state index contributed by atoms with van der Waals surface area (Å²) in [6, 6.07) is 4.67. The van der Waals surface area contributed by atoms with Crippen molar-refractivity contribution in [3.05, 3.63) is 58.0 Å². The zero-order chi connectivity index (χ0) is 16.5. The van der Waals surface area contributed by atoms with Crippen LogP contribution in [0, 0.1) is 0 Å². The molecule has 0 amide bonds. The lowest BCUT2D eigenvalue weighted by atomic mass is 10.0. The predicted octanol–water partition coefficient (Wildman–Crippen LogP) is 2.99. The number of aliphatic hydroxyl groups is 1. The van der Waals surface area contributed by atoms with Crippen LogP contribution < -0.4 is 5.43 Å². The van der Waals surface area contributed by atoms with E-state index < -0.39 is 17.8 Å². The van der Waals surface area contributed by atoms with Crippen molar-refractivity contribution in [2.24, 2.45) is 7.05 Å². The standard InChI is InChI=1S/C16H16F3NO2/c1-10(21)6-12-8-20(2)9-14(15(12)22)11-4-3-5-13(7-11)16(17,18)19/h3-5,7-10,21H,6H2,1-2H3. The Morgan fingerprint density at radius 2 is 1.95 bits per heavy atom. The molecule has 1 unspecified atom stereocenters. The van der Waals surface area contributed by atoms with E-state index in [1.54, 1.807) is 24.7 Å². The number of hydrogen-bond acceptors (Lipinski definition) is 2. The van der Waals surface area contributed by atoms with Gasteiger partial charge in [0.15, 0.2) is 5.43 Å². The van der Waals surface area contributed by atoms with E-state index >= 15 is 0 Å². The topological polar surface area (TPSA) is 42.2 Å². The minimum Gasteiger partial charge on any atom is -0.393 e. The Kier molecular flexibility index (Phi) is 4.42. The molecule has 0 fully saturated rings. The maximum absolute atomic E-state index is 12.8. The third kappa shape index (κ3) is 3.57. The molecular weight excluding hydrogens is 295 g/mol. The first-order valence-corrected chi connectivity index (χ1v) is 6.73. The fraction of sp³-hybridized carbons (Fsp3) is 0.312. The van der Waals surface area contributed by atoms with Gasteiger partial charge in [-0.05, 0) is 24.6 Å². The lowest BCUT2D eigenvalue weighted by molar-refractivity contribution is -0.137. The van der Waals surface area contributed by atoms with Gasteiger partial charge in [-0.25, -0.2) is 0 Å². The number of aryl methyl sites for hydroxylation is 1. The van der Waals surface area contributed by atoms with E-state index in [0.29, 0.717) is 5.56 Å². The van der Waals surface area contributed by atoms with Crippen LogP contribution in [0.25, 0.3) is 11.1 Å². The molecule has 0 aliphatic carbocycles. The Labute approximate surface area is 125 Å². The number of pyridine rings is 1. The molecule has 3 nitrogen and oxygen atoms in total. The average molecular weight is 311 g/mol. The second-order valence-corrected chi connectivity index (χ2v) is 5.32. The van der Waals surface area contributed by atoms with Gasteiger partial charge in [0.2, 0.25) is 0 Å². The summed E-state index contributed by atoms with van der Waals surface area (Å²) in [4.78, 5) is 12.4. The minimum atomic E-state index is -4.46. The molecule has 0 radical (unpaired) electrons. The monoisotopic (exact) mass is 311 g/mol. The largest absolute Gasteiger partial charge is 0.416 e. The maximum atomic E-state index is 12.8. The Balaban J connectivity index is 2.58. The summed E-state index contributed by atoms with van der Waals surface area (Å²) in [6.07, 6.45) is -1.95. The SMILES string of the molecule is CC(O)Cc1cn(C)cc(-c2cccc(C(F)(F)F)c2)c1=O. The van der Waals surface area contributed by atoms with Crippen LogP contribution in [0.1, 0.15) is 18.1 Å². The van der Waals surface area contributed by atoms with E-state index in [1.807, 2.05) is 0 Å². The first kappa shape index (κ1) is 16.3. The molecule has 1 atom stereocenters. The number of aromatic nitrogens is 1. The normalized spacial score (nSPS) is 13.2. The Morgan fingerprint density at radius 1 is 1.27 bits per heavy atom. The third-order valence-corrected chi connectivity index (χ3v) is 3.24. The van der Waals surface area contributed by atoms with Crippen LogP contribution in [0.5, 0.6) is 0 Å². The molecule has 0 saturated heterocycles. The van der Waals surface area contributed by atoms with E-state index in [4.69, 9.17) is 0 Å². The van der Waals surface area contributed by atoms with Crippen LogP contribution >= 0.6 is 0 Å². The highest BCUT2D eigenvalue weighted by atomic mass is 19.4. The van der Waals surface area contributed by atoms with Gasteiger partial charge in [-0.3, -0.25) is 4.79 Å². The zero-order valence-electron chi connectivity index (χ0n) is 12.2. The zero-order valence-corrected chi connectivity index (χ0v) is 12.2. The van der Waals surface area contributed by atoms with Crippen molar-refractivity contribution in [1.29, 1.82) is 0 Å². The number of hydrogen-bond donors (Lipinski definition) is 1. The highest BCUT2D eigenvalue weighted by Gasteiger charge is 2.30. The second-order valence-electron chi connectivity index (χ2n) is 5.32. The molecular formula is C16H16F3NO2. The van der Waals surface area contributed by atoms with Gasteiger partial charge in [0, 0.05) is 37.0 Å². The summed E-state index contributed by atoms with van der Waals surface area (Å²) in [6.45, 7) is 1.55. The van der Waals surface area contributed by atoms with Crippen LogP contribution in [0.3, 0.4) is 0 Å². The van der Waals surface area contributed by atoms with Crippen molar-refractivity contribution in [2.75, 3.05) is 0 Å². The van der Waals surface area contributed by atoms with Gasteiger partial charge in [0.25, 0.3) is 0 Å². The summed E-state index contributed by atoms with van der Waals surface area (Å²) in [5, 5.41) is 9.44. The second kappa shape index (κ2) is 5.96. The maximum Gasteiger partial charge on any atom is 0.416 e. The molecule has 1 aromatic heterocycles. The molecule has 1 N–H and O–H groups in total. The van der Waals surface area contributed by atoms with Crippen LogP contribution in [0.15, 0.2) is 41.5 Å². The Bertz CT molecular complexity index is 733. The van der Waals surface area contributed by atoms with Crippen LogP contribution in [-0.4, -0.2) is 15.8 Å². The molecule has 0 spiro atoms. The van der Waals surface area contributed by atoms with Crippen LogP contribution in [0.2, 0.25) is 0 Å². The quantitative estimate of drug-likeness (QED) is 0.947. The van der Waals surface area contributed by atoms with Crippen molar-refractivity contribution >= 4 is 0 Å². The number of benzene rings is 1. The first-order chi connectivity index (χ1) is 10.2. The molecule has 0 aliphatic heterocycles. The number of halogens is 3. The smallest absolute Gasteiger partial charge is 0.393 e. The lowest BCUT2D eigenvalue weighted by Crippen LogP contribution is -2.19. The summed E-state index contributed by atoms with van der Waals surface area (Å²) < 4.78 is 40.0. The van der Waals surface area contributed by atoms with Crippen molar-refractivity contribution < 1.29 is 18.3 Å². The van der Waals surface area contributed by atoms with Gasteiger partial charge in [-0.2, -0.15) is 13.2 Å². The molecule has 0 saturated carbocycles. The first-order valence-electron chi connectivity index (χ1n) is 6.73. The van der Waals surface area contributed by atoms with Gasteiger partial charge < -0.3 is 9.67 Å². The highest BCUT2D eigenvalue weighted by Crippen LogP contribution is 2.31. The fourth-order valence-electron chi connectivity index (χ4n) is 2.31. The van der Waals surface area contributed by atoms with Gasteiger partial charge in [0.05, 0.1) is 11.7 Å². The van der Waals surface area contributed by atoms with Gasteiger partial charge in [0.1, 0.15) is 0 Å². The van der Waals surface area contributed by atoms with Gasteiger partial charge >= 0.3 is 6.18 Å². The number of aliphatic hydroxyl groups excluding tert-OH is 1. The van der Waals surface area contributed by atoms with E-state index in [1.165, 1.54) is 18.3 Å². The van der Waals surface area contributed by atoms with E-state index in [-0.39, 0.29) is 23.0 Å². The Hall–Kier alpha value is -2.08. The van der Waals surface area contributed by atoms with Gasteiger partial charge in [-0.15, -0.1) is 0 Å². The minimum absolute atomic E-state index is 0.152. The molecule has 2 rings (SSSR count). The van der Waals surface area contributed by atoms with Crippen molar-refractivity contribution in [3.8, 4) is 11.1 Å². The summed E-state index contributed by atoms with van der Waals surface area (Å²) >= 11 is 0. The van der Waals surface area contributed by atoms with Crippen molar-refractivity contribution in [2.45, 2.75) is 25.6 Å². The lowest BCUT2D eigenvalue weighted by Gasteiger charge is -2.12. The molecule has 22 heavy (non-hydrogen) atoms. The van der Waals surface area contributed by atoms with Crippen LogP contribution in [-0.2, 0) is 19.6 Å².